The molecule has 0 heterocycles. The fourth-order valence-electron chi connectivity index (χ4n) is 3.09. The molecule has 0 aliphatic heterocycles. The summed E-state index contributed by atoms with van der Waals surface area (Å²) in [5.41, 5.74) is 11.3. The summed E-state index contributed by atoms with van der Waals surface area (Å²) in [6, 6.07) is 2.14. The first kappa shape index (κ1) is 30.5. The van der Waals surface area contributed by atoms with E-state index in [2.05, 4.69) is 10.6 Å². The van der Waals surface area contributed by atoms with Crippen LogP contribution < -0.4 is 27.4 Å². The third-order valence-corrected chi connectivity index (χ3v) is 4.95. The zero-order valence-electron chi connectivity index (χ0n) is 19.6. The Hall–Kier alpha value is -4.53. The number of carbonyl (C=O) groups excluding carboxylic acids is 4. The van der Waals surface area contributed by atoms with Gasteiger partial charge < -0.3 is 42.7 Å². The van der Waals surface area contributed by atoms with E-state index in [4.69, 9.17) is 21.7 Å². The highest BCUT2D eigenvalue weighted by Crippen LogP contribution is 2.07. The molecule has 0 radical (unpaired) electrons. The molecular weight excluding hydrogens is 494 g/mol. The van der Waals surface area contributed by atoms with Crippen LogP contribution >= 0.6 is 0 Å². The lowest BCUT2D eigenvalue weighted by Crippen LogP contribution is -2.58. The van der Waals surface area contributed by atoms with Gasteiger partial charge >= 0.3 is 17.9 Å². The summed E-state index contributed by atoms with van der Waals surface area (Å²) in [7, 11) is 0. The summed E-state index contributed by atoms with van der Waals surface area (Å²) >= 11 is 0. The van der Waals surface area contributed by atoms with Crippen LogP contribution in [-0.2, 0) is 40.0 Å². The van der Waals surface area contributed by atoms with Gasteiger partial charge in [0.05, 0.1) is 18.9 Å². The molecular formula is C22H29N5O10. The van der Waals surface area contributed by atoms with Gasteiger partial charge in [-0.15, -0.1) is 0 Å². The molecule has 0 fully saturated rings. The fourth-order valence-corrected chi connectivity index (χ4v) is 3.09. The van der Waals surface area contributed by atoms with Crippen LogP contribution in [0.4, 0.5) is 0 Å². The number of rotatable bonds is 16. The lowest BCUT2D eigenvalue weighted by atomic mass is 10.0. The number of benzene rings is 1. The van der Waals surface area contributed by atoms with E-state index in [9.17, 15) is 38.7 Å². The maximum atomic E-state index is 13.1. The van der Waals surface area contributed by atoms with E-state index in [0.717, 1.165) is 0 Å². The molecule has 0 aliphatic carbocycles. The Morgan fingerprint density at radius 1 is 0.730 bits per heavy atom. The molecule has 1 aromatic rings. The Labute approximate surface area is 210 Å². The first-order valence-corrected chi connectivity index (χ1v) is 11.0. The third-order valence-electron chi connectivity index (χ3n) is 4.95. The Balaban J connectivity index is 3.15. The summed E-state index contributed by atoms with van der Waals surface area (Å²) in [6.45, 7) is 0. The molecule has 0 saturated carbocycles. The number of amides is 4. The number of carbonyl (C=O) groups is 7. The summed E-state index contributed by atoms with van der Waals surface area (Å²) in [6.07, 6.45) is -2.52. The van der Waals surface area contributed by atoms with Crippen molar-refractivity contribution in [1.82, 2.24) is 16.0 Å². The van der Waals surface area contributed by atoms with Gasteiger partial charge in [0.15, 0.2) is 0 Å². The number of hydrogen-bond acceptors (Lipinski definition) is 8. The van der Waals surface area contributed by atoms with Gasteiger partial charge in [0.2, 0.25) is 23.6 Å². The van der Waals surface area contributed by atoms with Crippen LogP contribution in [0.2, 0.25) is 0 Å². The maximum absolute atomic E-state index is 13.1. The number of nitrogens with one attached hydrogen (secondary N) is 3. The Bertz CT molecular complexity index is 1020. The quantitative estimate of drug-likeness (QED) is 0.110. The van der Waals surface area contributed by atoms with Crippen molar-refractivity contribution >= 4 is 41.5 Å². The minimum atomic E-state index is -1.83. The first-order chi connectivity index (χ1) is 17.3. The highest BCUT2D eigenvalue weighted by atomic mass is 16.4. The van der Waals surface area contributed by atoms with Gasteiger partial charge in [0.25, 0.3) is 0 Å². The first-order valence-electron chi connectivity index (χ1n) is 11.0. The molecule has 4 atom stereocenters. The zero-order valence-corrected chi connectivity index (χ0v) is 19.6. The number of hydrogen-bond donors (Lipinski definition) is 8. The SMILES string of the molecule is NC(=O)CCC(NC(=O)C(Cc1ccccc1)NC(=O)C(N)CC(=O)O)C(=O)NC(CC(=O)O)C(=O)O. The number of primary amides is 1. The second-order valence-electron chi connectivity index (χ2n) is 8.02. The lowest BCUT2D eigenvalue weighted by molar-refractivity contribution is -0.147. The van der Waals surface area contributed by atoms with Gasteiger partial charge in [0.1, 0.15) is 18.1 Å². The molecule has 4 amide bonds. The molecule has 0 saturated heterocycles. The van der Waals surface area contributed by atoms with Crippen LogP contribution in [0.5, 0.6) is 0 Å². The highest BCUT2D eigenvalue weighted by Gasteiger charge is 2.31. The Morgan fingerprint density at radius 3 is 1.76 bits per heavy atom. The van der Waals surface area contributed by atoms with Crippen LogP contribution in [0.3, 0.4) is 0 Å². The second-order valence-corrected chi connectivity index (χ2v) is 8.02. The summed E-state index contributed by atoms with van der Waals surface area (Å²) in [5, 5.41) is 33.5. The van der Waals surface area contributed by atoms with E-state index in [1.165, 1.54) is 0 Å². The molecule has 202 valence electrons. The monoisotopic (exact) mass is 523 g/mol. The van der Waals surface area contributed by atoms with Crippen molar-refractivity contribution in [2.75, 3.05) is 0 Å². The summed E-state index contributed by atoms with van der Waals surface area (Å²) in [5.74, 6) is -8.31. The minimum Gasteiger partial charge on any atom is -0.481 e. The molecule has 37 heavy (non-hydrogen) atoms. The molecule has 0 aliphatic rings. The standard InChI is InChI=1S/C22H29N5O10/c23-12(9-17(29)30)19(33)26-14(8-11-4-2-1-3-5-11)21(35)25-13(6-7-16(24)28)20(34)27-15(22(36)37)10-18(31)32/h1-5,12-15H,6-10,23H2,(H2,24,28)(H,25,35)(H,26,33)(H,27,34)(H,29,30)(H,31,32)(H,36,37). The van der Waals surface area contributed by atoms with Crippen LogP contribution in [0.25, 0.3) is 0 Å². The molecule has 0 bridgehead atoms. The number of carboxylic acids is 3. The highest BCUT2D eigenvalue weighted by molar-refractivity contribution is 5.95. The van der Waals surface area contributed by atoms with Crippen molar-refractivity contribution < 1.29 is 48.9 Å². The number of nitrogens with two attached hydrogens (primary N) is 2. The van der Waals surface area contributed by atoms with Gasteiger partial charge in [-0.1, -0.05) is 30.3 Å². The van der Waals surface area contributed by atoms with Gasteiger partial charge in [0, 0.05) is 12.8 Å². The summed E-state index contributed by atoms with van der Waals surface area (Å²) < 4.78 is 0. The molecule has 10 N–H and O–H groups in total. The van der Waals surface area contributed by atoms with Crippen molar-refractivity contribution in [3.8, 4) is 0 Å². The molecule has 1 rings (SSSR count). The van der Waals surface area contributed by atoms with Gasteiger partial charge in [-0.2, -0.15) is 0 Å². The summed E-state index contributed by atoms with van der Waals surface area (Å²) in [4.78, 5) is 82.6. The molecule has 1 aromatic carbocycles. The molecule has 0 spiro atoms. The maximum Gasteiger partial charge on any atom is 0.326 e. The predicted molar refractivity (Wildman–Crippen MR) is 124 cm³/mol. The van der Waals surface area contributed by atoms with Crippen LogP contribution in [0, 0.1) is 0 Å². The lowest BCUT2D eigenvalue weighted by Gasteiger charge is -2.25. The predicted octanol–water partition coefficient (Wildman–Crippen LogP) is -2.69. The molecule has 15 nitrogen and oxygen atoms in total. The van der Waals surface area contributed by atoms with E-state index in [1.54, 1.807) is 30.3 Å². The van der Waals surface area contributed by atoms with Crippen molar-refractivity contribution in [1.29, 1.82) is 0 Å². The average molecular weight is 523 g/mol. The van der Waals surface area contributed by atoms with Gasteiger partial charge in [-0.3, -0.25) is 28.8 Å². The smallest absolute Gasteiger partial charge is 0.326 e. The zero-order chi connectivity index (χ0) is 28.1. The largest absolute Gasteiger partial charge is 0.481 e. The Morgan fingerprint density at radius 2 is 1.24 bits per heavy atom. The van der Waals surface area contributed by atoms with E-state index < -0.39 is 85.0 Å². The number of carboxylic acid groups (broad SMARTS) is 3. The van der Waals surface area contributed by atoms with Crippen molar-refractivity contribution in [2.45, 2.75) is 56.3 Å². The molecule has 4 unspecified atom stereocenters. The van der Waals surface area contributed by atoms with E-state index in [0.29, 0.717) is 5.56 Å². The van der Waals surface area contributed by atoms with Gasteiger partial charge in [-0.25, -0.2) is 4.79 Å². The van der Waals surface area contributed by atoms with Gasteiger partial charge in [-0.05, 0) is 12.0 Å². The Kier molecular flexibility index (Phi) is 12.2. The fraction of sp³-hybridized carbons (Fsp3) is 0.409. The molecule has 15 heteroatoms. The van der Waals surface area contributed by atoms with Crippen molar-refractivity contribution in [3.05, 3.63) is 35.9 Å². The average Bonchev–Trinajstić information content (AvgIpc) is 2.80. The molecule has 0 aromatic heterocycles. The minimum absolute atomic E-state index is 0.0981. The topological polar surface area (TPSA) is 268 Å². The van der Waals surface area contributed by atoms with Crippen LogP contribution in [0.15, 0.2) is 30.3 Å². The van der Waals surface area contributed by atoms with Crippen LogP contribution in [0.1, 0.15) is 31.2 Å². The second kappa shape index (κ2) is 14.8. The van der Waals surface area contributed by atoms with E-state index in [1.807, 2.05) is 5.32 Å². The third kappa shape index (κ3) is 11.6. The van der Waals surface area contributed by atoms with E-state index >= 15 is 0 Å². The normalized spacial score (nSPS) is 13.8. The van der Waals surface area contributed by atoms with E-state index in [-0.39, 0.29) is 12.8 Å². The van der Waals surface area contributed by atoms with Crippen LogP contribution in [-0.4, -0.2) is 81.0 Å². The van der Waals surface area contributed by atoms with Crippen molar-refractivity contribution in [3.63, 3.8) is 0 Å². The van der Waals surface area contributed by atoms with Crippen molar-refractivity contribution in [2.24, 2.45) is 11.5 Å². The number of aliphatic carboxylic acids is 3.